The number of aromatic nitrogens is 1. The molecule has 118 valence electrons. The molecule has 0 unspecified atom stereocenters. The summed E-state index contributed by atoms with van der Waals surface area (Å²) in [6.45, 7) is 3.56. The lowest BCUT2D eigenvalue weighted by atomic mass is 10.1. The molecule has 1 aromatic heterocycles. The fraction of sp³-hybridized carbons (Fsp3) is 0.211. The molecule has 4 heteroatoms. The Kier molecular flexibility index (Phi) is 3.82. The minimum absolute atomic E-state index is 0.0491. The van der Waals surface area contributed by atoms with E-state index in [0.717, 1.165) is 39.3 Å². The molecule has 0 N–H and O–H groups in total. The van der Waals surface area contributed by atoms with Gasteiger partial charge in [-0.2, -0.15) is 0 Å². The van der Waals surface area contributed by atoms with E-state index in [9.17, 15) is 4.79 Å². The van der Waals surface area contributed by atoms with Gasteiger partial charge >= 0.3 is 0 Å². The number of carbonyl (C=O) groups excluding carboxylic acids is 1. The normalized spacial score (nSPS) is 10.8. The predicted molar refractivity (Wildman–Crippen MR) is 91.1 cm³/mol. The summed E-state index contributed by atoms with van der Waals surface area (Å²) < 4.78 is 12.6. The first-order chi connectivity index (χ1) is 11.1. The molecule has 3 rings (SSSR count). The zero-order valence-corrected chi connectivity index (χ0v) is 13.7. The number of fused-ring (bicyclic) bond motifs is 1. The van der Waals surface area contributed by atoms with Crippen molar-refractivity contribution in [3.63, 3.8) is 0 Å². The maximum atomic E-state index is 12.2. The molecule has 0 bridgehead atoms. The van der Waals surface area contributed by atoms with Crippen molar-refractivity contribution in [2.45, 2.75) is 13.8 Å². The topological polar surface area (TPSA) is 40.5 Å². The molecule has 0 spiro atoms. The van der Waals surface area contributed by atoms with Gasteiger partial charge in [-0.1, -0.05) is 0 Å². The molecule has 23 heavy (non-hydrogen) atoms. The second kappa shape index (κ2) is 5.80. The number of hydrogen-bond acceptors (Lipinski definition) is 3. The highest BCUT2D eigenvalue weighted by Gasteiger charge is 2.18. The highest BCUT2D eigenvalue weighted by molar-refractivity contribution is 6.09. The Morgan fingerprint density at radius 3 is 2.13 bits per heavy atom. The molecular weight excluding hydrogens is 290 g/mol. The molecular formula is C19H19NO3. The fourth-order valence-electron chi connectivity index (χ4n) is 3.03. The predicted octanol–water partition coefficient (Wildman–Crippen LogP) is 4.16. The van der Waals surface area contributed by atoms with E-state index < -0.39 is 0 Å². The number of hydrogen-bond donors (Lipinski definition) is 0. The van der Waals surface area contributed by atoms with Crippen LogP contribution in [-0.2, 0) is 0 Å². The average molecular weight is 309 g/mol. The Hall–Kier alpha value is -2.75. The van der Waals surface area contributed by atoms with Crippen LogP contribution in [0.5, 0.6) is 11.5 Å². The molecule has 0 aliphatic carbocycles. The molecule has 0 aliphatic rings. The van der Waals surface area contributed by atoms with Crippen molar-refractivity contribution in [1.29, 1.82) is 0 Å². The number of ether oxygens (including phenoxy) is 2. The lowest BCUT2D eigenvalue weighted by molar-refractivity contribution is 0.101. The van der Waals surface area contributed by atoms with Crippen LogP contribution in [0.25, 0.3) is 16.6 Å². The molecule has 0 aliphatic heterocycles. The molecule has 3 aromatic rings. The molecule has 0 saturated heterocycles. The summed E-state index contributed by atoms with van der Waals surface area (Å²) in [6, 6.07) is 13.6. The molecule has 0 amide bonds. The van der Waals surface area contributed by atoms with Crippen LogP contribution in [-0.4, -0.2) is 24.6 Å². The van der Waals surface area contributed by atoms with E-state index in [-0.39, 0.29) is 5.78 Å². The van der Waals surface area contributed by atoms with Crippen molar-refractivity contribution in [3.05, 3.63) is 53.7 Å². The molecule has 2 aromatic carbocycles. The largest absolute Gasteiger partial charge is 0.497 e. The quantitative estimate of drug-likeness (QED) is 0.679. The van der Waals surface area contributed by atoms with Gasteiger partial charge in [0.25, 0.3) is 0 Å². The van der Waals surface area contributed by atoms with Crippen LogP contribution < -0.4 is 9.47 Å². The van der Waals surface area contributed by atoms with Crippen LogP contribution in [0.2, 0.25) is 0 Å². The minimum atomic E-state index is 0.0491. The summed E-state index contributed by atoms with van der Waals surface area (Å²) in [7, 11) is 3.27. The Balaban J connectivity index is 2.31. The number of Topliss-reactive ketones (excluding diaryl/α,β-unsaturated/α-hetero) is 1. The standard InChI is InChI=1S/C19H19NO3/c1-12-19(13(2)21)17-11-16(23-4)9-10-18(17)20(12)14-5-7-15(22-3)8-6-14/h5-11H,1-4H3. The van der Waals surface area contributed by atoms with Gasteiger partial charge in [-0.25, -0.2) is 0 Å². The first-order valence-electron chi connectivity index (χ1n) is 7.41. The maximum absolute atomic E-state index is 12.2. The van der Waals surface area contributed by atoms with Crippen LogP contribution in [0.15, 0.2) is 42.5 Å². The van der Waals surface area contributed by atoms with Gasteiger partial charge in [0.1, 0.15) is 11.5 Å². The third-order valence-electron chi connectivity index (χ3n) is 4.09. The van der Waals surface area contributed by atoms with Gasteiger partial charge in [0.05, 0.1) is 19.7 Å². The average Bonchev–Trinajstić information content (AvgIpc) is 2.85. The summed E-state index contributed by atoms with van der Waals surface area (Å²) in [5.41, 5.74) is 3.63. The third kappa shape index (κ3) is 2.46. The van der Waals surface area contributed by atoms with E-state index in [1.54, 1.807) is 21.1 Å². The van der Waals surface area contributed by atoms with Gasteiger partial charge in [-0.15, -0.1) is 0 Å². The smallest absolute Gasteiger partial charge is 0.162 e. The molecule has 0 atom stereocenters. The number of nitrogens with zero attached hydrogens (tertiary/aromatic N) is 1. The lowest BCUT2D eigenvalue weighted by Crippen LogP contribution is -1.99. The number of benzene rings is 2. The van der Waals surface area contributed by atoms with Crippen molar-refractivity contribution in [2.75, 3.05) is 14.2 Å². The van der Waals surface area contributed by atoms with E-state index in [1.165, 1.54) is 0 Å². The molecule has 4 nitrogen and oxygen atoms in total. The Morgan fingerprint density at radius 2 is 1.57 bits per heavy atom. The SMILES string of the molecule is COc1ccc(-n2c(C)c(C(C)=O)c3cc(OC)ccc32)cc1. The summed E-state index contributed by atoms with van der Waals surface area (Å²) in [4.78, 5) is 12.2. The number of rotatable bonds is 4. The van der Waals surface area contributed by atoms with Crippen LogP contribution in [0.1, 0.15) is 23.0 Å². The van der Waals surface area contributed by atoms with E-state index in [2.05, 4.69) is 4.57 Å². The zero-order chi connectivity index (χ0) is 16.6. The Bertz CT molecular complexity index is 876. The minimum Gasteiger partial charge on any atom is -0.497 e. The van der Waals surface area contributed by atoms with Crippen LogP contribution >= 0.6 is 0 Å². The monoisotopic (exact) mass is 309 g/mol. The number of ketones is 1. The third-order valence-corrected chi connectivity index (χ3v) is 4.09. The van der Waals surface area contributed by atoms with Crippen LogP contribution in [0, 0.1) is 6.92 Å². The fourth-order valence-corrected chi connectivity index (χ4v) is 3.03. The zero-order valence-electron chi connectivity index (χ0n) is 13.7. The van der Waals surface area contributed by atoms with Gasteiger partial charge in [0.2, 0.25) is 0 Å². The summed E-state index contributed by atoms with van der Waals surface area (Å²) in [5, 5.41) is 0.908. The molecule has 1 heterocycles. The summed E-state index contributed by atoms with van der Waals surface area (Å²) in [6.07, 6.45) is 0. The van der Waals surface area contributed by atoms with Crippen LogP contribution in [0.4, 0.5) is 0 Å². The molecule has 0 fully saturated rings. The van der Waals surface area contributed by atoms with E-state index in [4.69, 9.17) is 9.47 Å². The highest BCUT2D eigenvalue weighted by atomic mass is 16.5. The van der Waals surface area contributed by atoms with Gasteiger partial charge < -0.3 is 14.0 Å². The first kappa shape index (κ1) is 15.2. The van der Waals surface area contributed by atoms with Crippen molar-refractivity contribution in [1.82, 2.24) is 4.57 Å². The van der Waals surface area contributed by atoms with E-state index >= 15 is 0 Å². The van der Waals surface area contributed by atoms with Crippen molar-refractivity contribution >= 4 is 16.7 Å². The lowest BCUT2D eigenvalue weighted by Gasteiger charge is -2.10. The second-order valence-electron chi connectivity index (χ2n) is 5.43. The van der Waals surface area contributed by atoms with Gasteiger partial charge in [-0.05, 0) is 56.3 Å². The van der Waals surface area contributed by atoms with E-state index in [0.29, 0.717) is 0 Å². The van der Waals surface area contributed by atoms with Gasteiger partial charge in [0, 0.05) is 22.3 Å². The number of carbonyl (C=O) groups is 1. The van der Waals surface area contributed by atoms with Crippen molar-refractivity contribution in [3.8, 4) is 17.2 Å². The van der Waals surface area contributed by atoms with Crippen molar-refractivity contribution in [2.24, 2.45) is 0 Å². The highest BCUT2D eigenvalue weighted by Crippen LogP contribution is 2.32. The van der Waals surface area contributed by atoms with Crippen molar-refractivity contribution < 1.29 is 14.3 Å². The van der Waals surface area contributed by atoms with Gasteiger partial charge in [0.15, 0.2) is 5.78 Å². The van der Waals surface area contributed by atoms with E-state index in [1.807, 2.05) is 49.4 Å². The Morgan fingerprint density at radius 1 is 0.957 bits per heavy atom. The number of methoxy groups -OCH3 is 2. The summed E-state index contributed by atoms with van der Waals surface area (Å²) >= 11 is 0. The second-order valence-corrected chi connectivity index (χ2v) is 5.43. The van der Waals surface area contributed by atoms with Crippen LogP contribution in [0.3, 0.4) is 0 Å². The summed E-state index contributed by atoms with van der Waals surface area (Å²) in [5.74, 6) is 1.59. The Labute approximate surface area is 135 Å². The van der Waals surface area contributed by atoms with Gasteiger partial charge in [-0.3, -0.25) is 4.79 Å². The first-order valence-corrected chi connectivity index (χ1v) is 7.41. The molecule has 0 radical (unpaired) electrons. The maximum Gasteiger partial charge on any atom is 0.162 e. The molecule has 0 saturated carbocycles.